The van der Waals surface area contributed by atoms with Gasteiger partial charge < -0.3 is 4.74 Å². The summed E-state index contributed by atoms with van der Waals surface area (Å²) < 4.78 is 5.34. The number of amides is 2. The fourth-order valence-corrected chi connectivity index (χ4v) is 3.47. The highest BCUT2D eigenvalue weighted by molar-refractivity contribution is 8.04. The van der Waals surface area contributed by atoms with E-state index in [2.05, 4.69) is 4.98 Å². The van der Waals surface area contributed by atoms with Gasteiger partial charge in [-0.15, -0.1) is 11.8 Å². The van der Waals surface area contributed by atoms with Gasteiger partial charge in [-0.05, 0) is 24.3 Å². The highest BCUT2D eigenvalue weighted by atomic mass is 35.5. The lowest BCUT2D eigenvalue weighted by Gasteiger charge is -2.13. The summed E-state index contributed by atoms with van der Waals surface area (Å²) in [5.74, 6) is 0.240. The lowest BCUT2D eigenvalue weighted by Crippen LogP contribution is -2.32. The number of benzene rings is 1. The molecule has 7 heteroatoms. The third-order valence-corrected chi connectivity index (χ3v) is 4.70. The molecule has 22 heavy (non-hydrogen) atoms. The van der Waals surface area contributed by atoms with Crippen molar-refractivity contribution in [1.29, 1.82) is 0 Å². The molecule has 0 saturated carbocycles. The predicted molar refractivity (Wildman–Crippen MR) is 84.7 cm³/mol. The second-order valence-electron chi connectivity index (χ2n) is 4.81. The van der Waals surface area contributed by atoms with E-state index in [4.69, 9.17) is 16.3 Å². The van der Waals surface area contributed by atoms with Crippen LogP contribution in [0.1, 0.15) is 0 Å². The number of carbonyl (C=O) groups is 2. The van der Waals surface area contributed by atoms with E-state index in [1.165, 1.54) is 11.8 Å². The third kappa shape index (κ3) is 1.99. The van der Waals surface area contributed by atoms with Crippen molar-refractivity contribution >= 4 is 51.9 Å². The van der Waals surface area contributed by atoms with Crippen LogP contribution in [0.3, 0.4) is 0 Å². The number of aromatic nitrogens is 1. The summed E-state index contributed by atoms with van der Waals surface area (Å²) in [5, 5.41) is 1.43. The number of fused-ring (bicyclic) bond motifs is 1. The standard InChI is InChI=1S/C15H9ClN2O3S/c16-9-3-1-8-2-4-11(17-10(8)7-9)18-14(19)12-13(15(18)20)22-6-5-21-12/h1-4,7H,5-6H2. The van der Waals surface area contributed by atoms with Gasteiger partial charge in [-0.1, -0.05) is 17.7 Å². The number of halogens is 1. The number of anilines is 1. The van der Waals surface area contributed by atoms with Gasteiger partial charge in [0.2, 0.25) is 5.76 Å². The Bertz CT molecular complexity index is 837. The molecule has 0 unspecified atom stereocenters. The van der Waals surface area contributed by atoms with Gasteiger partial charge in [0.25, 0.3) is 5.91 Å². The Hall–Kier alpha value is -2.05. The number of thioether (sulfide) groups is 1. The Morgan fingerprint density at radius 2 is 2.00 bits per heavy atom. The lowest BCUT2D eigenvalue weighted by molar-refractivity contribution is -0.121. The average Bonchev–Trinajstić information content (AvgIpc) is 2.79. The van der Waals surface area contributed by atoms with Crippen LogP contribution in [-0.2, 0) is 14.3 Å². The van der Waals surface area contributed by atoms with Crippen molar-refractivity contribution in [2.75, 3.05) is 17.3 Å². The van der Waals surface area contributed by atoms with Crippen LogP contribution in [-0.4, -0.2) is 29.2 Å². The molecular weight excluding hydrogens is 324 g/mol. The van der Waals surface area contributed by atoms with Gasteiger partial charge in [-0.2, -0.15) is 0 Å². The molecule has 2 aromatic rings. The first kappa shape index (κ1) is 13.6. The molecule has 0 saturated heterocycles. The maximum Gasteiger partial charge on any atom is 0.303 e. The highest BCUT2D eigenvalue weighted by Gasteiger charge is 2.43. The van der Waals surface area contributed by atoms with E-state index in [0.29, 0.717) is 27.8 Å². The van der Waals surface area contributed by atoms with Gasteiger partial charge in [0, 0.05) is 16.2 Å². The van der Waals surface area contributed by atoms with Crippen LogP contribution < -0.4 is 4.90 Å². The number of hydrogen-bond acceptors (Lipinski definition) is 5. The molecule has 110 valence electrons. The normalized spacial score (nSPS) is 18.0. The number of hydrogen-bond donors (Lipinski definition) is 0. The number of pyridine rings is 1. The van der Waals surface area contributed by atoms with Crippen LogP contribution >= 0.6 is 23.4 Å². The molecule has 0 fully saturated rings. The smallest absolute Gasteiger partial charge is 0.303 e. The van der Waals surface area contributed by atoms with Crippen LogP contribution in [0.5, 0.6) is 0 Å². The minimum absolute atomic E-state index is 0.134. The first-order valence-electron chi connectivity index (χ1n) is 6.60. The Morgan fingerprint density at radius 1 is 1.18 bits per heavy atom. The van der Waals surface area contributed by atoms with Crippen LogP contribution in [0.2, 0.25) is 5.02 Å². The van der Waals surface area contributed by atoms with E-state index in [9.17, 15) is 9.59 Å². The Labute approximate surface area is 134 Å². The Morgan fingerprint density at radius 3 is 2.82 bits per heavy atom. The summed E-state index contributed by atoms with van der Waals surface area (Å²) in [4.78, 5) is 30.6. The van der Waals surface area contributed by atoms with Crippen molar-refractivity contribution in [1.82, 2.24) is 4.98 Å². The van der Waals surface area contributed by atoms with E-state index in [-0.39, 0.29) is 17.5 Å². The predicted octanol–water partition coefficient (Wildman–Crippen LogP) is 2.74. The molecule has 1 aromatic carbocycles. The number of nitrogens with zero attached hydrogens (tertiary/aromatic N) is 2. The largest absolute Gasteiger partial charge is 0.486 e. The summed E-state index contributed by atoms with van der Waals surface area (Å²) in [6, 6.07) is 8.76. The second-order valence-corrected chi connectivity index (χ2v) is 6.35. The molecule has 0 bridgehead atoms. The van der Waals surface area contributed by atoms with E-state index in [0.717, 1.165) is 10.3 Å². The molecule has 0 spiro atoms. The molecule has 4 rings (SSSR count). The Kier molecular flexibility index (Phi) is 3.09. The van der Waals surface area contributed by atoms with E-state index in [1.54, 1.807) is 24.3 Å². The maximum atomic E-state index is 12.4. The monoisotopic (exact) mass is 332 g/mol. The fourth-order valence-electron chi connectivity index (χ4n) is 2.44. The molecule has 0 radical (unpaired) electrons. The molecule has 0 aliphatic carbocycles. The van der Waals surface area contributed by atoms with Crippen LogP contribution in [0.4, 0.5) is 5.82 Å². The molecular formula is C15H9ClN2O3S. The zero-order chi connectivity index (χ0) is 15.3. The first-order valence-corrected chi connectivity index (χ1v) is 7.96. The summed E-state index contributed by atoms with van der Waals surface area (Å²) in [7, 11) is 0. The topological polar surface area (TPSA) is 59.5 Å². The van der Waals surface area contributed by atoms with Crippen molar-refractivity contribution in [3.05, 3.63) is 46.0 Å². The average molecular weight is 333 g/mol. The number of imide groups is 1. The summed E-state index contributed by atoms with van der Waals surface area (Å²) in [6.45, 7) is 0.428. The molecule has 2 aliphatic heterocycles. The molecule has 0 N–H and O–H groups in total. The highest BCUT2D eigenvalue weighted by Crippen LogP contribution is 2.36. The van der Waals surface area contributed by atoms with Gasteiger partial charge in [-0.3, -0.25) is 9.59 Å². The molecule has 0 atom stereocenters. The molecule has 1 aromatic heterocycles. The summed E-state index contributed by atoms with van der Waals surface area (Å²) in [6.07, 6.45) is 0. The molecule has 2 amide bonds. The third-order valence-electron chi connectivity index (χ3n) is 3.45. The molecule has 5 nitrogen and oxygen atoms in total. The lowest BCUT2D eigenvalue weighted by atomic mass is 10.2. The summed E-state index contributed by atoms with van der Waals surface area (Å²) in [5.41, 5.74) is 0.629. The van der Waals surface area contributed by atoms with E-state index >= 15 is 0 Å². The van der Waals surface area contributed by atoms with Gasteiger partial charge in [0.05, 0.1) is 12.1 Å². The minimum Gasteiger partial charge on any atom is -0.486 e. The molecule has 3 heterocycles. The van der Waals surface area contributed by atoms with Gasteiger partial charge in [0.1, 0.15) is 10.7 Å². The van der Waals surface area contributed by atoms with Crippen molar-refractivity contribution in [2.45, 2.75) is 0 Å². The van der Waals surface area contributed by atoms with Gasteiger partial charge in [0.15, 0.2) is 0 Å². The van der Waals surface area contributed by atoms with Crippen LogP contribution in [0.25, 0.3) is 10.9 Å². The number of rotatable bonds is 1. The SMILES string of the molecule is O=C1C2=C(SCCO2)C(=O)N1c1ccc2ccc(Cl)cc2n1. The second kappa shape index (κ2) is 5.00. The zero-order valence-corrected chi connectivity index (χ0v) is 12.8. The van der Waals surface area contributed by atoms with E-state index < -0.39 is 5.91 Å². The van der Waals surface area contributed by atoms with Gasteiger partial charge in [-0.25, -0.2) is 9.88 Å². The number of ether oxygens (including phenoxy) is 1. The van der Waals surface area contributed by atoms with Crippen molar-refractivity contribution in [3.8, 4) is 0 Å². The van der Waals surface area contributed by atoms with Crippen molar-refractivity contribution in [3.63, 3.8) is 0 Å². The Balaban J connectivity index is 1.79. The molecule has 2 aliphatic rings. The van der Waals surface area contributed by atoms with E-state index in [1.807, 2.05) is 6.07 Å². The first-order chi connectivity index (χ1) is 10.6. The zero-order valence-electron chi connectivity index (χ0n) is 11.2. The number of carbonyl (C=O) groups excluding carboxylic acids is 2. The fraction of sp³-hybridized carbons (Fsp3) is 0.133. The maximum absolute atomic E-state index is 12.4. The van der Waals surface area contributed by atoms with Crippen molar-refractivity contribution < 1.29 is 14.3 Å². The van der Waals surface area contributed by atoms with Gasteiger partial charge >= 0.3 is 5.91 Å². The van der Waals surface area contributed by atoms with Crippen LogP contribution in [0.15, 0.2) is 41.0 Å². The van der Waals surface area contributed by atoms with Crippen LogP contribution in [0, 0.1) is 0 Å². The quantitative estimate of drug-likeness (QED) is 0.751. The summed E-state index contributed by atoms with van der Waals surface area (Å²) >= 11 is 7.31. The minimum atomic E-state index is -0.457. The van der Waals surface area contributed by atoms with Crippen molar-refractivity contribution in [2.24, 2.45) is 0 Å².